The van der Waals surface area contributed by atoms with Gasteiger partial charge in [-0.15, -0.1) is 0 Å². The summed E-state index contributed by atoms with van der Waals surface area (Å²) >= 11 is 0. The Bertz CT molecular complexity index is 1990. The molecule has 37 heavy (non-hydrogen) atoms. The van der Waals surface area contributed by atoms with E-state index in [2.05, 4.69) is 97.1 Å². The van der Waals surface area contributed by atoms with E-state index in [0.29, 0.717) is 0 Å². The van der Waals surface area contributed by atoms with Crippen LogP contribution in [0.4, 0.5) is 0 Å². The summed E-state index contributed by atoms with van der Waals surface area (Å²) in [4.78, 5) is 10.4. The van der Waals surface area contributed by atoms with E-state index in [9.17, 15) is 0 Å². The second kappa shape index (κ2) is 7.74. The minimum Gasteiger partial charge on any atom is -0.455 e. The van der Waals surface area contributed by atoms with Gasteiger partial charge in [-0.2, -0.15) is 0 Å². The molecule has 3 heteroatoms. The van der Waals surface area contributed by atoms with E-state index in [4.69, 9.17) is 14.4 Å². The number of benzene rings is 5. The Labute approximate surface area is 213 Å². The van der Waals surface area contributed by atoms with Gasteiger partial charge in [0.25, 0.3) is 0 Å². The van der Waals surface area contributed by atoms with Gasteiger partial charge in [-0.1, -0.05) is 103 Å². The van der Waals surface area contributed by atoms with Gasteiger partial charge in [-0.3, -0.25) is 4.98 Å². The van der Waals surface area contributed by atoms with Crippen molar-refractivity contribution < 1.29 is 4.42 Å². The molecule has 0 spiro atoms. The molecule has 7 aromatic rings. The summed E-state index contributed by atoms with van der Waals surface area (Å²) in [7, 11) is 0. The first-order valence-electron chi connectivity index (χ1n) is 12.4. The van der Waals surface area contributed by atoms with Gasteiger partial charge in [0.2, 0.25) is 0 Å². The Balaban J connectivity index is 1.45. The highest BCUT2D eigenvalue weighted by Gasteiger charge is 2.24. The van der Waals surface area contributed by atoms with E-state index in [0.717, 1.165) is 66.8 Å². The highest BCUT2D eigenvalue weighted by molar-refractivity contribution is 6.09. The smallest absolute Gasteiger partial charge is 0.144 e. The van der Waals surface area contributed by atoms with Crippen molar-refractivity contribution in [1.82, 2.24) is 9.97 Å². The van der Waals surface area contributed by atoms with E-state index in [1.807, 2.05) is 24.4 Å². The van der Waals surface area contributed by atoms with Crippen LogP contribution in [0.15, 0.2) is 126 Å². The van der Waals surface area contributed by atoms with Gasteiger partial charge in [0.15, 0.2) is 0 Å². The van der Waals surface area contributed by atoms with E-state index < -0.39 is 0 Å². The average molecular weight is 473 g/mol. The summed E-state index contributed by atoms with van der Waals surface area (Å²) in [5.74, 6) is 0. The summed E-state index contributed by atoms with van der Waals surface area (Å²) in [6.45, 7) is 0. The molecule has 3 nitrogen and oxygen atoms in total. The molecule has 5 aromatic carbocycles. The molecule has 0 bridgehead atoms. The molecule has 0 unspecified atom stereocenters. The Morgan fingerprint density at radius 3 is 1.65 bits per heavy atom. The number of nitrogens with zero attached hydrogens (tertiary/aromatic N) is 2. The van der Waals surface area contributed by atoms with Crippen molar-refractivity contribution in [3.63, 3.8) is 0 Å². The third-order valence-corrected chi connectivity index (χ3v) is 7.32. The molecule has 0 radical (unpaired) electrons. The normalized spacial score (nSPS) is 11.8. The molecule has 0 saturated carbocycles. The summed E-state index contributed by atoms with van der Waals surface area (Å²) in [6, 6.07) is 40.0. The number of aromatic nitrogens is 2. The molecule has 172 valence electrons. The predicted octanol–water partition coefficient (Wildman–Crippen LogP) is 9.02. The van der Waals surface area contributed by atoms with Crippen molar-refractivity contribution in [2.45, 2.75) is 0 Å². The van der Waals surface area contributed by atoms with E-state index >= 15 is 0 Å². The minimum absolute atomic E-state index is 0.796. The lowest BCUT2D eigenvalue weighted by Crippen LogP contribution is -2.01. The molecular weight excluding hydrogens is 452 g/mol. The van der Waals surface area contributed by atoms with Gasteiger partial charge >= 0.3 is 0 Å². The van der Waals surface area contributed by atoms with Crippen LogP contribution < -0.4 is 0 Å². The van der Waals surface area contributed by atoms with Crippen LogP contribution in [0.5, 0.6) is 0 Å². The number of para-hydroxylation sites is 2. The van der Waals surface area contributed by atoms with Crippen molar-refractivity contribution in [2.75, 3.05) is 0 Å². The summed E-state index contributed by atoms with van der Waals surface area (Å²) in [5.41, 5.74) is 12.1. The van der Waals surface area contributed by atoms with Crippen LogP contribution in [0.3, 0.4) is 0 Å². The summed E-state index contributed by atoms with van der Waals surface area (Å²) < 4.78 is 6.33. The van der Waals surface area contributed by atoms with Gasteiger partial charge in [0.05, 0.1) is 23.3 Å². The molecule has 1 aliphatic rings. The third-order valence-electron chi connectivity index (χ3n) is 7.32. The molecular formula is C34H20N2O. The number of hydrogen-bond acceptors (Lipinski definition) is 3. The highest BCUT2D eigenvalue weighted by atomic mass is 16.3. The fourth-order valence-corrected chi connectivity index (χ4v) is 5.65. The van der Waals surface area contributed by atoms with Crippen molar-refractivity contribution in [1.29, 1.82) is 0 Å². The number of fused-ring (bicyclic) bond motifs is 11. The Morgan fingerprint density at radius 1 is 0.432 bits per heavy atom. The quantitative estimate of drug-likeness (QED) is 0.239. The zero-order chi connectivity index (χ0) is 24.3. The van der Waals surface area contributed by atoms with Crippen molar-refractivity contribution >= 4 is 21.9 Å². The zero-order valence-corrected chi connectivity index (χ0v) is 19.8. The summed E-state index contributed by atoms with van der Waals surface area (Å²) in [5, 5.41) is 2.19. The molecule has 2 aromatic heterocycles. The fraction of sp³-hybridized carbons (Fsp3) is 0. The van der Waals surface area contributed by atoms with Crippen LogP contribution in [0, 0.1) is 0 Å². The maximum atomic E-state index is 6.33. The zero-order valence-electron chi connectivity index (χ0n) is 19.8. The Morgan fingerprint density at radius 2 is 0.946 bits per heavy atom. The van der Waals surface area contributed by atoms with Crippen LogP contribution in [0.25, 0.3) is 78.0 Å². The highest BCUT2D eigenvalue weighted by Crippen LogP contribution is 2.46. The molecule has 2 heterocycles. The van der Waals surface area contributed by atoms with E-state index in [-0.39, 0.29) is 0 Å². The number of furan rings is 1. The minimum atomic E-state index is 0.796. The lowest BCUT2D eigenvalue weighted by atomic mass is 9.84. The lowest BCUT2D eigenvalue weighted by Gasteiger charge is -2.22. The SMILES string of the molecule is c1ccc2c(c1)-c1ccccc1-c1ncc(-c3cccc4c3oc3ccccc34)nc1-c1ccccc1-2. The van der Waals surface area contributed by atoms with Crippen molar-refractivity contribution in [2.24, 2.45) is 0 Å². The molecule has 0 saturated heterocycles. The largest absolute Gasteiger partial charge is 0.455 e. The van der Waals surface area contributed by atoms with E-state index in [1.165, 1.54) is 11.1 Å². The van der Waals surface area contributed by atoms with E-state index in [1.54, 1.807) is 0 Å². The average Bonchev–Trinajstić information content (AvgIpc) is 3.35. The van der Waals surface area contributed by atoms with Crippen molar-refractivity contribution in [3.05, 3.63) is 121 Å². The second-order valence-corrected chi connectivity index (χ2v) is 9.37. The second-order valence-electron chi connectivity index (χ2n) is 9.37. The molecule has 8 rings (SSSR count). The topological polar surface area (TPSA) is 38.9 Å². The molecule has 1 aliphatic carbocycles. The Kier molecular flexibility index (Phi) is 4.23. The lowest BCUT2D eigenvalue weighted by molar-refractivity contribution is 0.670. The predicted molar refractivity (Wildman–Crippen MR) is 150 cm³/mol. The summed E-state index contributed by atoms with van der Waals surface area (Å²) in [6.07, 6.45) is 1.88. The fourth-order valence-electron chi connectivity index (χ4n) is 5.65. The van der Waals surface area contributed by atoms with Crippen LogP contribution in [0.2, 0.25) is 0 Å². The maximum Gasteiger partial charge on any atom is 0.144 e. The van der Waals surface area contributed by atoms with Crippen LogP contribution in [-0.2, 0) is 0 Å². The first-order valence-corrected chi connectivity index (χ1v) is 12.4. The van der Waals surface area contributed by atoms with Gasteiger partial charge in [-0.05, 0) is 34.4 Å². The molecule has 0 amide bonds. The van der Waals surface area contributed by atoms with Gasteiger partial charge in [-0.25, -0.2) is 4.98 Å². The third kappa shape index (κ3) is 2.95. The first kappa shape index (κ1) is 20.2. The number of rotatable bonds is 1. The Hall–Kier alpha value is -5.02. The van der Waals surface area contributed by atoms with Crippen LogP contribution >= 0.6 is 0 Å². The molecule has 0 atom stereocenters. The standard InChI is InChI=1S/C34H20N2O/c1-2-11-22-21(10-1)23-12-3-5-15-26(23)32-33(27-16-6-4-13-24(22)27)36-30(20-35-32)29-18-9-17-28-25-14-7-8-19-31(25)37-34(28)29/h1-20H. The van der Waals surface area contributed by atoms with Crippen molar-refractivity contribution in [3.8, 4) is 56.0 Å². The van der Waals surface area contributed by atoms with Gasteiger partial charge < -0.3 is 4.42 Å². The number of hydrogen-bond donors (Lipinski definition) is 0. The van der Waals surface area contributed by atoms with Crippen LogP contribution in [-0.4, -0.2) is 9.97 Å². The van der Waals surface area contributed by atoms with Crippen LogP contribution in [0.1, 0.15) is 0 Å². The van der Waals surface area contributed by atoms with Gasteiger partial charge in [0.1, 0.15) is 11.2 Å². The monoisotopic (exact) mass is 472 g/mol. The molecule has 0 fully saturated rings. The molecule has 0 N–H and O–H groups in total. The first-order chi connectivity index (χ1) is 18.4. The molecule has 0 aliphatic heterocycles. The van der Waals surface area contributed by atoms with Gasteiger partial charge in [0, 0.05) is 27.5 Å². The maximum absolute atomic E-state index is 6.33.